The number of guanidine groups is 1. The number of hydrogen-bond acceptors (Lipinski definition) is 1. The fraction of sp³-hybridized carbons (Fsp3) is 0.389. The highest BCUT2D eigenvalue weighted by Gasteiger charge is 2.12. The van der Waals surface area contributed by atoms with Gasteiger partial charge in [-0.05, 0) is 37.8 Å². The number of aryl methyl sites for hydroxylation is 1. The minimum absolute atomic E-state index is 0. The number of fused-ring (bicyclic) bond motifs is 1. The van der Waals surface area contributed by atoms with Crippen molar-refractivity contribution < 1.29 is 0 Å². The van der Waals surface area contributed by atoms with Crippen molar-refractivity contribution in [3.63, 3.8) is 0 Å². The summed E-state index contributed by atoms with van der Waals surface area (Å²) in [6.45, 7) is 3.02. The normalized spacial score (nSPS) is 15.0. The Morgan fingerprint density at radius 1 is 1.26 bits per heavy atom. The topological polar surface area (TPSA) is 52.2 Å². The number of aliphatic imine (C=N–C) groups is 1. The molecule has 3 rings (SSSR count). The van der Waals surface area contributed by atoms with E-state index in [1.54, 1.807) is 0 Å². The van der Waals surface area contributed by atoms with Gasteiger partial charge in [0.1, 0.15) is 0 Å². The lowest BCUT2D eigenvalue weighted by Gasteiger charge is -2.16. The fourth-order valence-corrected chi connectivity index (χ4v) is 3.09. The summed E-state index contributed by atoms with van der Waals surface area (Å²) >= 11 is 0. The molecule has 0 amide bonds. The van der Waals surface area contributed by atoms with Crippen molar-refractivity contribution in [3.8, 4) is 0 Å². The lowest BCUT2D eigenvalue weighted by Crippen LogP contribution is -2.43. The van der Waals surface area contributed by atoms with Crippen LogP contribution in [0.1, 0.15) is 24.1 Å². The second kappa shape index (κ2) is 8.38. The van der Waals surface area contributed by atoms with E-state index in [-0.39, 0.29) is 24.0 Å². The molecule has 0 unspecified atom stereocenters. The predicted molar refractivity (Wildman–Crippen MR) is 109 cm³/mol. The molecule has 1 aliphatic carbocycles. The molecule has 3 N–H and O–H groups in total. The molecule has 23 heavy (non-hydrogen) atoms. The smallest absolute Gasteiger partial charge is 0.191 e. The van der Waals surface area contributed by atoms with Crippen LogP contribution in [0.4, 0.5) is 0 Å². The zero-order valence-electron chi connectivity index (χ0n) is 13.7. The number of nitrogens with one attached hydrogen (secondary N) is 3. The molecule has 0 aliphatic heterocycles. The Kier molecular flexibility index (Phi) is 6.50. The van der Waals surface area contributed by atoms with Crippen LogP contribution in [0, 0.1) is 6.92 Å². The summed E-state index contributed by atoms with van der Waals surface area (Å²) in [5.74, 6) is 0.895. The van der Waals surface area contributed by atoms with Crippen LogP contribution in [0.5, 0.6) is 0 Å². The highest BCUT2D eigenvalue weighted by atomic mass is 127. The Bertz CT molecular complexity index is 694. The van der Waals surface area contributed by atoms with Crippen molar-refractivity contribution in [2.45, 2.75) is 32.2 Å². The van der Waals surface area contributed by atoms with Crippen LogP contribution in [-0.4, -0.2) is 30.6 Å². The second-order valence-electron chi connectivity index (χ2n) is 5.81. The first-order valence-corrected chi connectivity index (χ1v) is 7.96. The van der Waals surface area contributed by atoms with Gasteiger partial charge in [0.05, 0.1) is 0 Å². The third-order valence-electron chi connectivity index (χ3n) is 4.27. The summed E-state index contributed by atoms with van der Waals surface area (Å²) in [7, 11) is 1.83. The van der Waals surface area contributed by atoms with Crippen LogP contribution in [0.3, 0.4) is 0 Å². The van der Waals surface area contributed by atoms with Gasteiger partial charge < -0.3 is 15.6 Å². The van der Waals surface area contributed by atoms with Gasteiger partial charge in [0.15, 0.2) is 5.96 Å². The third kappa shape index (κ3) is 4.28. The number of benzene rings is 1. The highest BCUT2D eigenvalue weighted by molar-refractivity contribution is 14.0. The molecule has 1 aliphatic rings. The average Bonchev–Trinajstić information content (AvgIpc) is 3.14. The molecule has 124 valence electrons. The predicted octanol–water partition coefficient (Wildman–Crippen LogP) is 3.52. The Morgan fingerprint density at radius 3 is 2.74 bits per heavy atom. The molecule has 0 spiro atoms. The van der Waals surface area contributed by atoms with Gasteiger partial charge in [0, 0.05) is 36.2 Å². The van der Waals surface area contributed by atoms with Crippen molar-refractivity contribution in [3.05, 3.63) is 47.7 Å². The lowest BCUT2D eigenvalue weighted by molar-refractivity contribution is 0.633. The minimum atomic E-state index is 0. The van der Waals surface area contributed by atoms with Gasteiger partial charge in [-0.1, -0.05) is 30.4 Å². The van der Waals surface area contributed by atoms with Crippen molar-refractivity contribution in [2.75, 3.05) is 13.6 Å². The van der Waals surface area contributed by atoms with Crippen molar-refractivity contribution in [1.82, 2.24) is 15.6 Å². The summed E-state index contributed by atoms with van der Waals surface area (Å²) < 4.78 is 0. The van der Waals surface area contributed by atoms with Crippen LogP contribution in [0.15, 0.2) is 41.4 Å². The molecule has 0 fully saturated rings. The molecule has 2 aromatic rings. The maximum Gasteiger partial charge on any atom is 0.191 e. The molecule has 1 heterocycles. The molecule has 0 atom stereocenters. The number of H-pyrrole nitrogens is 1. The van der Waals surface area contributed by atoms with Crippen LogP contribution in [0.2, 0.25) is 0 Å². The van der Waals surface area contributed by atoms with Gasteiger partial charge in [0.2, 0.25) is 0 Å². The van der Waals surface area contributed by atoms with E-state index in [0.29, 0.717) is 6.04 Å². The molecule has 1 aromatic heterocycles. The van der Waals surface area contributed by atoms with Gasteiger partial charge in [-0.2, -0.15) is 0 Å². The Labute approximate surface area is 154 Å². The first kappa shape index (κ1) is 17.8. The Morgan fingerprint density at radius 2 is 2.00 bits per heavy atom. The van der Waals surface area contributed by atoms with E-state index >= 15 is 0 Å². The van der Waals surface area contributed by atoms with Crippen LogP contribution in [-0.2, 0) is 6.42 Å². The van der Waals surface area contributed by atoms with E-state index < -0.39 is 0 Å². The van der Waals surface area contributed by atoms with Gasteiger partial charge >= 0.3 is 0 Å². The molecule has 5 heteroatoms. The molecule has 0 saturated carbocycles. The molecule has 0 saturated heterocycles. The molecule has 0 bridgehead atoms. The lowest BCUT2D eigenvalue weighted by atomic mass is 10.1. The standard InChI is InChI=1S/C18H24N4.HI/c1-13-15(16-9-5-6-10-17(16)21-13)11-12-20-18(19-2)22-14-7-3-4-8-14;/h3-6,9-10,14,21H,7-8,11-12H2,1-2H3,(H2,19,20,22);1H. The maximum atomic E-state index is 4.31. The first-order chi connectivity index (χ1) is 10.8. The third-order valence-corrected chi connectivity index (χ3v) is 4.27. The van der Waals surface area contributed by atoms with E-state index in [1.165, 1.54) is 22.2 Å². The van der Waals surface area contributed by atoms with Crippen LogP contribution >= 0.6 is 24.0 Å². The van der Waals surface area contributed by atoms with Crippen molar-refractivity contribution >= 4 is 40.8 Å². The number of rotatable bonds is 4. The highest BCUT2D eigenvalue weighted by Crippen LogP contribution is 2.21. The molecule has 1 aromatic carbocycles. The monoisotopic (exact) mass is 424 g/mol. The van der Waals surface area contributed by atoms with Crippen LogP contribution < -0.4 is 10.6 Å². The zero-order valence-corrected chi connectivity index (χ0v) is 16.1. The van der Waals surface area contributed by atoms with Gasteiger partial charge in [-0.15, -0.1) is 24.0 Å². The number of para-hydroxylation sites is 1. The van der Waals surface area contributed by atoms with Crippen molar-refractivity contribution in [1.29, 1.82) is 0 Å². The Balaban J connectivity index is 0.00000192. The summed E-state index contributed by atoms with van der Waals surface area (Å²) in [5, 5.41) is 8.21. The molecule has 4 nitrogen and oxygen atoms in total. The van der Waals surface area contributed by atoms with E-state index in [2.05, 4.69) is 64.0 Å². The molecular weight excluding hydrogens is 399 g/mol. The van der Waals surface area contributed by atoms with E-state index in [1.807, 2.05) is 7.05 Å². The largest absolute Gasteiger partial charge is 0.358 e. The van der Waals surface area contributed by atoms with Gasteiger partial charge in [0.25, 0.3) is 0 Å². The minimum Gasteiger partial charge on any atom is -0.358 e. The van der Waals surface area contributed by atoms with E-state index in [9.17, 15) is 0 Å². The van der Waals surface area contributed by atoms with E-state index in [0.717, 1.165) is 31.8 Å². The van der Waals surface area contributed by atoms with Gasteiger partial charge in [-0.3, -0.25) is 4.99 Å². The summed E-state index contributed by atoms with van der Waals surface area (Å²) in [4.78, 5) is 7.77. The maximum absolute atomic E-state index is 4.31. The van der Waals surface area contributed by atoms with Crippen molar-refractivity contribution in [2.24, 2.45) is 4.99 Å². The SMILES string of the molecule is CN=C(NCCc1c(C)[nH]c2ccccc12)NC1CC=CC1.I. The number of hydrogen-bond donors (Lipinski definition) is 3. The van der Waals surface area contributed by atoms with Gasteiger partial charge in [-0.25, -0.2) is 0 Å². The number of nitrogens with zero attached hydrogens (tertiary/aromatic N) is 1. The molecule has 0 radical (unpaired) electrons. The average molecular weight is 424 g/mol. The second-order valence-corrected chi connectivity index (χ2v) is 5.81. The summed E-state index contributed by atoms with van der Waals surface area (Å²) in [6, 6.07) is 8.97. The van der Waals surface area contributed by atoms with Crippen LogP contribution in [0.25, 0.3) is 10.9 Å². The molecular formula is C18H25IN4. The number of halogens is 1. The van der Waals surface area contributed by atoms with E-state index in [4.69, 9.17) is 0 Å². The number of aromatic nitrogens is 1. The summed E-state index contributed by atoms with van der Waals surface area (Å²) in [6.07, 6.45) is 7.60. The number of aromatic amines is 1. The quantitative estimate of drug-likeness (QED) is 0.305. The summed E-state index contributed by atoms with van der Waals surface area (Å²) in [5.41, 5.74) is 3.86. The Hall–Kier alpha value is -1.50. The first-order valence-electron chi connectivity index (χ1n) is 7.96. The zero-order chi connectivity index (χ0) is 15.4. The fourth-order valence-electron chi connectivity index (χ4n) is 3.09.